The van der Waals surface area contributed by atoms with Crippen LogP contribution in [0.2, 0.25) is 0 Å². The molecule has 0 saturated carbocycles. The second-order valence-corrected chi connectivity index (χ2v) is 6.14. The van der Waals surface area contributed by atoms with Crippen LogP contribution in [0.15, 0.2) is 66.9 Å². The molecule has 0 amide bonds. The largest absolute Gasteiger partial charge is 0.490 e. The van der Waals surface area contributed by atoms with Crippen molar-refractivity contribution in [1.82, 2.24) is 4.98 Å². The van der Waals surface area contributed by atoms with E-state index in [0.717, 1.165) is 28.4 Å². The fourth-order valence-corrected chi connectivity index (χ4v) is 2.61. The lowest BCUT2D eigenvalue weighted by atomic mass is 10.1. The molecule has 1 heterocycles. The molecule has 0 saturated heterocycles. The Labute approximate surface area is 154 Å². The van der Waals surface area contributed by atoms with Gasteiger partial charge in [-0.25, -0.2) is 4.98 Å². The van der Waals surface area contributed by atoms with Crippen molar-refractivity contribution in [2.45, 2.75) is 20.4 Å². The molecule has 3 rings (SSSR count). The first-order valence-corrected chi connectivity index (χ1v) is 8.78. The number of hydrogen-bond acceptors (Lipinski definition) is 4. The highest BCUT2D eigenvalue weighted by Crippen LogP contribution is 2.21. The Morgan fingerprint density at radius 1 is 0.846 bits per heavy atom. The van der Waals surface area contributed by atoms with Gasteiger partial charge in [0.1, 0.15) is 30.5 Å². The molecular formula is C22H24N2O2. The van der Waals surface area contributed by atoms with Crippen molar-refractivity contribution in [1.29, 1.82) is 0 Å². The number of aromatic nitrogens is 1. The van der Waals surface area contributed by atoms with E-state index in [9.17, 15) is 0 Å². The van der Waals surface area contributed by atoms with Crippen LogP contribution in [-0.2, 0) is 6.54 Å². The van der Waals surface area contributed by atoms with Crippen molar-refractivity contribution in [3.63, 3.8) is 0 Å². The second kappa shape index (κ2) is 8.90. The van der Waals surface area contributed by atoms with E-state index in [2.05, 4.69) is 41.5 Å². The number of nitrogens with one attached hydrogen (secondary N) is 1. The van der Waals surface area contributed by atoms with Gasteiger partial charge < -0.3 is 14.8 Å². The lowest BCUT2D eigenvalue weighted by Gasteiger charge is -2.14. The van der Waals surface area contributed by atoms with Crippen LogP contribution in [0, 0.1) is 13.8 Å². The van der Waals surface area contributed by atoms with Gasteiger partial charge in [0.15, 0.2) is 0 Å². The van der Waals surface area contributed by atoms with Crippen LogP contribution >= 0.6 is 0 Å². The Kier molecular flexibility index (Phi) is 6.09. The smallest absolute Gasteiger partial charge is 0.126 e. The summed E-state index contributed by atoms with van der Waals surface area (Å²) in [5.41, 5.74) is 3.41. The Morgan fingerprint density at radius 2 is 1.62 bits per heavy atom. The zero-order valence-corrected chi connectivity index (χ0v) is 15.2. The van der Waals surface area contributed by atoms with Gasteiger partial charge in [-0.2, -0.15) is 0 Å². The highest BCUT2D eigenvalue weighted by Gasteiger charge is 2.04. The standard InChI is InChI=1S/C22H24N2O2/c1-17-10-11-18(2)21(15-17)26-14-13-25-20-8-4-3-7-19(20)16-24-22-9-5-6-12-23-22/h3-12,15H,13-14,16H2,1-2H3,(H,23,24). The summed E-state index contributed by atoms with van der Waals surface area (Å²) in [6.45, 7) is 5.77. The van der Waals surface area contributed by atoms with Crippen molar-refractivity contribution in [2.75, 3.05) is 18.5 Å². The predicted molar refractivity (Wildman–Crippen MR) is 105 cm³/mol. The van der Waals surface area contributed by atoms with Crippen molar-refractivity contribution < 1.29 is 9.47 Å². The number of aryl methyl sites for hydroxylation is 2. The molecule has 0 aliphatic heterocycles. The summed E-state index contributed by atoms with van der Waals surface area (Å²) in [6, 6.07) is 20.0. The van der Waals surface area contributed by atoms with E-state index in [1.165, 1.54) is 5.56 Å². The van der Waals surface area contributed by atoms with Crippen molar-refractivity contribution in [3.05, 3.63) is 83.6 Å². The lowest BCUT2D eigenvalue weighted by Crippen LogP contribution is -2.11. The summed E-state index contributed by atoms with van der Waals surface area (Å²) >= 11 is 0. The van der Waals surface area contributed by atoms with Crippen LogP contribution in [0.3, 0.4) is 0 Å². The van der Waals surface area contributed by atoms with Crippen molar-refractivity contribution in [2.24, 2.45) is 0 Å². The van der Waals surface area contributed by atoms with Gasteiger partial charge in [-0.15, -0.1) is 0 Å². The molecule has 2 aromatic carbocycles. The van der Waals surface area contributed by atoms with E-state index in [0.29, 0.717) is 19.8 Å². The van der Waals surface area contributed by atoms with E-state index in [4.69, 9.17) is 9.47 Å². The SMILES string of the molecule is Cc1ccc(C)c(OCCOc2ccccc2CNc2ccccn2)c1. The zero-order valence-electron chi connectivity index (χ0n) is 15.2. The van der Waals surface area contributed by atoms with Gasteiger partial charge in [0, 0.05) is 18.3 Å². The maximum absolute atomic E-state index is 5.93. The maximum atomic E-state index is 5.93. The molecule has 4 heteroatoms. The number of anilines is 1. The van der Waals surface area contributed by atoms with Crippen LogP contribution in [0.4, 0.5) is 5.82 Å². The van der Waals surface area contributed by atoms with E-state index in [-0.39, 0.29) is 0 Å². The molecule has 1 aromatic heterocycles. The molecule has 134 valence electrons. The third kappa shape index (κ3) is 4.99. The van der Waals surface area contributed by atoms with Gasteiger partial charge in [0.2, 0.25) is 0 Å². The highest BCUT2D eigenvalue weighted by atomic mass is 16.5. The molecule has 0 aliphatic carbocycles. The summed E-state index contributed by atoms with van der Waals surface area (Å²) in [6.07, 6.45) is 1.77. The first-order chi connectivity index (χ1) is 12.7. The number of rotatable bonds is 8. The van der Waals surface area contributed by atoms with E-state index in [1.54, 1.807) is 6.20 Å². The molecule has 0 spiro atoms. The summed E-state index contributed by atoms with van der Waals surface area (Å²) in [7, 11) is 0. The summed E-state index contributed by atoms with van der Waals surface area (Å²) < 4.78 is 11.8. The molecule has 0 atom stereocenters. The summed E-state index contributed by atoms with van der Waals surface area (Å²) in [5.74, 6) is 2.62. The number of pyridine rings is 1. The van der Waals surface area contributed by atoms with E-state index < -0.39 is 0 Å². The van der Waals surface area contributed by atoms with Gasteiger partial charge in [-0.05, 0) is 49.2 Å². The molecule has 0 aliphatic rings. The fraction of sp³-hybridized carbons (Fsp3) is 0.227. The van der Waals surface area contributed by atoms with E-state index in [1.807, 2.05) is 43.3 Å². The minimum absolute atomic E-state index is 0.494. The lowest BCUT2D eigenvalue weighted by molar-refractivity contribution is 0.215. The third-order valence-electron chi connectivity index (χ3n) is 4.04. The quantitative estimate of drug-likeness (QED) is 0.596. The van der Waals surface area contributed by atoms with Gasteiger partial charge >= 0.3 is 0 Å². The average molecular weight is 348 g/mol. The second-order valence-electron chi connectivity index (χ2n) is 6.14. The van der Waals surface area contributed by atoms with Crippen LogP contribution in [-0.4, -0.2) is 18.2 Å². The van der Waals surface area contributed by atoms with Crippen molar-refractivity contribution in [3.8, 4) is 11.5 Å². The van der Waals surface area contributed by atoms with Crippen LogP contribution < -0.4 is 14.8 Å². The average Bonchev–Trinajstić information content (AvgIpc) is 2.67. The molecular weight excluding hydrogens is 324 g/mol. The molecule has 3 aromatic rings. The Hall–Kier alpha value is -3.01. The topological polar surface area (TPSA) is 43.4 Å². The third-order valence-corrected chi connectivity index (χ3v) is 4.04. The van der Waals surface area contributed by atoms with Crippen LogP contribution in [0.5, 0.6) is 11.5 Å². The Morgan fingerprint density at radius 3 is 2.42 bits per heavy atom. The normalized spacial score (nSPS) is 10.4. The first-order valence-electron chi connectivity index (χ1n) is 8.78. The molecule has 1 N–H and O–H groups in total. The van der Waals surface area contributed by atoms with Crippen LogP contribution in [0.1, 0.15) is 16.7 Å². The predicted octanol–water partition coefficient (Wildman–Crippen LogP) is 4.77. The molecule has 0 bridgehead atoms. The van der Waals surface area contributed by atoms with Gasteiger partial charge in [-0.3, -0.25) is 0 Å². The molecule has 26 heavy (non-hydrogen) atoms. The number of hydrogen-bond donors (Lipinski definition) is 1. The number of ether oxygens (including phenoxy) is 2. The van der Waals surface area contributed by atoms with Crippen LogP contribution in [0.25, 0.3) is 0 Å². The molecule has 4 nitrogen and oxygen atoms in total. The zero-order chi connectivity index (χ0) is 18.2. The molecule has 0 unspecified atom stereocenters. The van der Waals surface area contributed by atoms with Gasteiger partial charge in [0.05, 0.1) is 0 Å². The Bertz CT molecular complexity index is 835. The van der Waals surface area contributed by atoms with Crippen molar-refractivity contribution >= 4 is 5.82 Å². The number of nitrogens with zero attached hydrogens (tertiary/aromatic N) is 1. The van der Waals surface area contributed by atoms with Gasteiger partial charge in [-0.1, -0.05) is 36.4 Å². The molecule has 0 fully saturated rings. The monoisotopic (exact) mass is 348 g/mol. The Balaban J connectivity index is 1.52. The first kappa shape index (κ1) is 17.8. The molecule has 0 radical (unpaired) electrons. The summed E-state index contributed by atoms with van der Waals surface area (Å²) in [4.78, 5) is 4.28. The summed E-state index contributed by atoms with van der Waals surface area (Å²) in [5, 5.41) is 3.31. The number of para-hydroxylation sites is 1. The fourth-order valence-electron chi connectivity index (χ4n) is 2.61. The highest BCUT2D eigenvalue weighted by molar-refractivity contribution is 5.39. The maximum Gasteiger partial charge on any atom is 0.126 e. The minimum Gasteiger partial charge on any atom is -0.490 e. The minimum atomic E-state index is 0.494. The van der Waals surface area contributed by atoms with E-state index >= 15 is 0 Å². The number of benzene rings is 2. The van der Waals surface area contributed by atoms with Gasteiger partial charge in [0.25, 0.3) is 0 Å².